The lowest BCUT2D eigenvalue weighted by Gasteiger charge is -2.29. The normalized spacial score (nSPS) is 15.4. The van der Waals surface area contributed by atoms with Crippen LogP contribution in [0.25, 0.3) is 0 Å². The smallest absolute Gasteiger partial charge is 0.243 e. The van der Waals surface area contributed by atoms with E-state index in [1.54, 1.807) is 19.1 Å². The molecule has 0 spiro atoms. The Morgan fingerprint density at radius 1 is 1.10 bits per heavy atom. The van der Waals surface area contributed by atoms with Gasteiger partial charge in [-0.15, -0.1) is 0 Å². The zero-order valence-electron chi connectivity index (χ0n) is 18.6. The van der Waals surface area contributed by atoms with Crippen molar-refractivity contribution in [2.24, 2.45) is 0 Å². The molecule has 1 N–H and O–H groups in total. The van der Waals surface area contributed by atoms with Crippen molar-refractivity contribution in [2.75, 3.05) is 41.8 Å². The Balaban J connectivity index is 1.68. The van der Waals surface area contributed by atoms with Crippen LogP contribution in [0.3, 0.4) is 0 Å². The summed E-state index contributed by atoms with van der Waals surface area (Å²) in [7, 11) is -3.64. The van der Waals surface area contributed by atoms with Crippen molar-refractivity contribution < 1.29 is 17.9 Å². The van der Waals surface area contributed by atoms with Crippen LogP contribution in [-0.4, -0.2) is 52.9 Å². The Labute approximate surface area is 185 Å². The van der Waals surface area contributed by atoms with Crippen molar-refractivity contribution in [2.45, 2.75) is 33.4 Å². The summed E-state index contributed by atoms with van der Waals surface area (Å²) in [4.78, 5) is 15.1. The Hall–Kier alpha value is -2.58. The molecule has 31 heavy (non-hydrogen) atoms. The minimum Gasteiger partial charge on any atom is -0.378 e. The monoisotopic (exact) mass is 445 g/mol. The van der Waals surface area contributed by atoms with E-state index < -0.39 is 16.1 Å². The van der Waals surface area contributed by atoms with E-state index in [1.807, 2.05) is 44.2 Å². The van der Waals surface area contributed by atoms with Crippen LogP contribution in [0.1, 0.15) is 23.6 Å². The average Bonchev–Trinajstić information content (AvgIpc) is 2.71. The van der Waals surface area contributed by atoms with Gasteiger partial charge in [-0.3, -0.25) is 9.10 Å². The number of carbonyl (C=O) groups is 1. The summed E-state index contributed by atoms with van der Waals surface area (Å²) in [5.41, 5.74) is 4.46. The lowest BCUT2D eigenvalue weighted by molar-refractivity contribution is -0.122. The maximum absolute atomic E-state index is 12.8. The van der Waals surface area contributed by atoms with Crippen molar-refractivity contribution in [3.63, 3.8) is 0 Å². The van der Waals surface area contributed by atoms with Gasteiger partial charge in [0.2, 0.25) is 15.9 Å². The second-order valence-electron chi connectivity index (χ2n) is 8.06. The summed E-state index contributed by atoms with van der Waals surface area (Å²) in [6, 6.07) is 12.7. The van der Waals surface area contributed by atoms with Crippen LogP contribution in [-0.2, 0) is 26.1 Å². The lowest BCUT2D eigenvalue weighted by Crippen LogP contribution is -2.47. The third-order valence-electron chi connectivity index (χ3n) is 5.33. The number of nitrogens with one attached hydrogen (secondary N) is 1. The van der Waals surface area contributed by atoms with Gasteiger partial charge in [-0.2, -0.15) is 0 Å². The number of aryl methyl sites for hydroxylation is 2. The summed E-state index contributed by atoms with van der Waals surface area (Å²) in [5.74, 6) is -0.346. The fraction of sp³-hybridized carbons (Fsp3) is 0.435. The summed E-state index contributed by atoms with van der Waals surface area (Å²) < 4.78 is 31.6. The molecule has 0 aliphatic carbocycles. The minimum absolute atomic E-state index is 0.330. The number of anilines is 2. The van der Waals surface area contributed by atoms with Crippen LogP contribution in [0.2, 0.25) is 0 Å². The number of nitrogens with zero attached hydrogens (tertiary/aromatic N) is 2. The van der Waals surface area contributed by atoms with Gasteiger partial charge in [0.25, 0.3) is 0 Å². The molecule has 8 heteroatoms. The Morgan fingerprint density at radius 3 is 2.23 bits per heavy atom. The third-order valence-corrected chi connectivity index (χ3v) is 6.57. The topological polar surface area (TPSA) is 79.0 Å². The Bertz CT molecular complexity index is 995. The molecule has 1 aliphatic heterocycles. The number of ether oxygens (including phenoxy) is 1. The van der Waals surface area contributed by atoms with Crippen molar-refractivity contribution >= 4 is 27.3 Å². The highest BCUT2D eigenvalue weighted by atomic mass is 32.2. The van der Waals surface area contributed by atoms with Crippen molar-refractivity contribution in [1.82, 2.24) is 5.32 Å². The van der Waals surface area contributed by atoms with Gasteiger partial charge in [0.15, 0.2) is 0 Å². The highest BCUT2D eigenvalue weighted by Gasteiger charge is 2.29. The fourth-order valence-electron chi connectivity index (χ4n) is 3.87. The molecule has 1 heterocycles. The minimum atomic E-state index is -3.64. The van der Waals surface area contributed by atoms with Crippen LogP contribution < -0.4 is 14.5 Å². The number of hydrogen-bond donors (Lipinski definition) is 1. The molecule has 2 aromatic carbocycles. The number of carbonyl (C=O) groups excluding carboxylic acids is 1. The third kappa shape index (κ3) is 5.98. The molecule has 0 aromatic heterocycles. The molecule has 2 aromatic rings. The average molecular weight is 446 g/mol. The molecular formula is C23H31N3O4S. The van der Waals surface area contributed by atoms with Gasteiger partial charge in [0.1, 0.15) is 6.04 Å². The van der Waals surface area contributed by atoms with Gasteiger partial charge >= 0.3 is 0 Å². The van der Waals surface area contributed by atoms with E-state index in [4.69, 9.17) is 4.74 Å². The maximum atomic E-state index is 12.8. The van der Waals surface area contributed by atoms with E-state index in [1.165, 1.54) is 4.31 Å². The first-order valence-electron chi connectivity index (χ1n) is 10.4. The van der Waals surface area contributed by atoms with Crippen LogP contribution >= 0.6 is 0 Å². The second-order valence-corrected chi connectivity index (χ2v) is 9.92. The number of sulfonamides is 1. The highest BCUT2D eigenvalue weighted by molar-refractivity contribution is 7.92. The molecule has 7 nitrogen and oxygen atoms in total. The molecule has 0 unspecified atom stereocenters. The zero-order chi connectivity index (χ0) is 22.6. The van der Waals surface area contributed by atoms with Gasteiger partial charge < -0.3 is 15.0 Å². The Morgan fingerprint density at radius 2 is 1.68 bits per heavy atom. The fourth-order valence-corrected chi connectivity index (χ4v) is 5.03. The predicted molar refractivity (Wildman–Crippen MR) is 124 cm³/mol. The van der Waals surface area contributed by atoms with Crippen LogP contribution in [0, 0.1) is 13.8 Å². The quantitative estimate of drug-likeness (QED) is 0.709. The van der Waals surface area contributed by atoms with Crippen LogP contribution in [0.15, 0.2) is 42.5 Å². The summed E-state index contributed by atoms with van der Waals surface area (Å²) in [6.07, 6.45) is 1.12. The predicted octanol–water partition coefficient (Wildman–Crippen LogP) is 2.61. The molecule has 1 amide bonds. The van der Waals surface area contributed by atoms with Gasteiger partial charge in [-0.1, -0.05) is 18.2 Å². The number of morpholine rings is 1. The maximum Gasteiger partial charge on any atom is 0.243 e. The first kappa shape index (κ1) is 23.1. The summed E-state index contributed by atoms with van der Waals surface area (Å²) >= 11 is 0. The van der Waals surface area contributed by atoms with E-state index in [-0.39, 0.29) is 5.91 Å². The zero-order valence-corrected chi connectivity index (χ0v) is 19.4. The van der Waals surface area contributed by atoms with Gasteiger partial charge in [0.05, 0.1) is 25.2 Å². The SMILES string of the molecule is Cc1cc(C)cc(N([C@H](C)C(=O)NCc2ccc(N3CCOCC3)cc2)S(C)(=O)=O)c1. The molecule has 1 fully saturated rings. The van der Waals surface area contributed by atoms with E-state index in [2.05, 4.69) is 10.2 Å². The number of rotatable bonds is 7. The van der Waals surface area contributed by atoms with E-state index in [0.717, 1.165) is 54.9 Å². The number of hydrogen-bond acceptors (Lipinski definition) is 5. The molecule has 1 atom stereocenters. The molecule has 0 radical (unpaired) electrons. The molecule has 1 aliphatic rings. The second kappa shape index (κ2) is 9.70. The van der Waals surface area contributed by atoms with Crippen LogP contribution in [0.4, 0.5) is 11.4 Å². The summed E-state index contributed by atoms with van der Waals surface area (Å²) in [5, 5.41) is 2.87. The summed E-state index contributed by atoms with van der Waals surface area (Å²) in [6.45, 7) is 8.94. The van der Waals surface area contributed by atoms with Crippen molar-refractivity contribution in [3.05, 3.63) is 59.2 Å². The molecule has 0 bridgehead atoms. The van der Waals surface area contributed by atoms with E-state index in [0.29, 0.717) is 12.2 Å². The highest BCUT2D eigenvalue weighted by Crippen LogP contribution is 2.24. The largest absolute Gasteiger partial charge is 0.378 e. The van der Waals surface area contributed by atoms with Gasteiger partial charge in [-0.25, -0.2) is 8.42 Å². The van der Waals surface area contributed by atoms with E-state index >= 15 is 0 Å². The first-order valence-corrected chi connectivity index (χ1v) is 12.3. The molecular weight excluding hydrogens is 414 g/mol. The number of benzene rings is 2. The molecule has 168 valence electrons. The molecule has 0 saturated carbocycles. The molecule has 1 saturated heterocycles. The molecule has 3 rings (SSSR count). The lowest BCUT2D eigenvalue weighted by atomic mass is 10.1. The van der Waals surface area contributed by atoms with Crippen molar-refractivity contribution in [3.8, 4) is 0 Å². The standard InChI is InChI=1S/C23H31N3O4S/c1-17-13-18(2)15-22(14-17)26(31(4,28)29)19(3)23(27)24-16-20-5-7-21(8-6-20)25-9-11-30-12-10-25/h5-8,13-15,19H,9-12,16H2,1-4H3,(H,24,27)/t19-/m1/s1. The van der Waals surface area contributed by atoms with Crippen molar-refractivity contribution in [1.29, 1.82) is 0 Å². The van der Waals surface area contributed by atoms with Crippen LogP contribution in [0.5, 0.6) is 0 Å². The van der Waals surface area contributed by atoms with Gasteiger partial charge in [-0.05, 0) is 61.7 Å². The van der Waals surface area contributed by atoms with Gasteiger partial charge in [0, 0.05) is 25.3 Å². The first-order chi connectivity index (χ1) is 14.6. The Kier molecular flexibility index (Phi) is 7.23. The number of amides is 1. The van der Waals surface area contributed by atoms with E-state index in [9.17, 15) is 13.2 Å².